The van der Waals surface area contributed by atoms with Gasteiger partial charge in [-0.1, -0.05) is 53.7 Å². The highest BCUT2D eigenvalue weighted by Crippen LogP contribution is 2.34. The quantitative estimate of drug-likeness (QED) is 0.236. The second kappa shape index (κ2) is 11.1. The Hall–Kier alpha value is -4.08. The molecule has 1 unspecified atom stereocenters. The number of aromatic nitrogens is 1. The number of alkyl halides is 3. The van der Waals surface area contributed by atoms with Gasteiger partial charge in [0.15, 0.2) is 0 Å². The summed E-state index contributed by atoms with van der Waals surface area (Å²) >= 11 is 0. The molecule has 188 valence electrons. The molecule has 1 atom stereocenters. The summed E-state index contributed by atoms with van der Waals surface area (Å²) in [6.07, 6.45) is -3.65. The van der Waals surface area contributed by atoms with Crippen LogP contribution in [0.5, 0.6) is 5.75 Å². The number of ether oxygens (including phenoxy) is 1. The fourth-order valence-electron chi connectivity index (χ4n) is 4.10. The van der Waals surface area contributed by atoms with Gasteiger partial charge in [0, 0.05) is 12.0 Å². The van der Waals surface area contributed by atoms with Crippen molar-refractivity contribution in [1.82, 2.24) is 10.3 Å². The molecular weight excluding hydrogens is 473 g/mol. The summed E-state index contributed by atoms with van der Waals surface area (Å²) in [5, 5.41) is 18.0. The summed E-state index contributed by atoms with van der Waals surface area (Å²) in [4.78, 5) is 17.3. The van der Waals surface area contributed by atoms with Gasteiger partial charge < -0.3 is 20.6 Å². The topological polar surface area (TPSA) is 95.8 Å². The zero-order valence-corrected chi connectivity index (χ0v) is 19.3. The normalized spacial score (nSPS) is 16.3. The summed E-state index contributed by atoms with van der Waals surface area (Å²) in [6.45, 7) is -0.984. The van der Waals surface area contributed by atoms with Gasteiger partial charge in [-0.3, -0.25) is 4.79 Å². The summed E-state index contributed by atoms with van der Waals surface area (Å²) in [6, 6.07) is 20.3. The minimum absolute atomic E-state index is 0.00345. The number of amides is 1. The average Bonchev–Trinajstić information content (AvgIpc) is 2.89. The fraction of sp³-hybridized carbons (Fsp3) is 0.269. The lowest BCUT2D eigenvalue weighted by molar-refractivity contribution is -0.123. The van der Waals surface area contributed by atoms with E-state index < -0.39 is 18.6 Å². The number of benzene rings is 2. The Morgan fingerprint density at radius 2 is 1.78 bits per heavy atom. The molecule has 1 heterocycles. The van der Waals surface area contributed by atoms with Crippen LogP contribution in [-0.4, -0.2) is 47.7 Å². The molecule has 0 bridgehead atoms. The summed E-state index contributed by atoms with van der Waals surface area (Å²) in [5.74, 6) is -0.140. The number of fused-ring (bicyclic) bond motifs is 1. The molecule has 1 aliphatic rings. The number of carbonyl (C=O) groups excluding carboxylic acids is 1. The zero-order chi connectivity index (χ0) is 25.5. The van der Waals surface area contributed by atoms with Gasteiger partial charge in [0.25, 0.3) is 5.91 Å². The molecule has 3 aromatic rings. The van der Waals surface area contributed by atoms with Gasteiger partial charge in [-0.15, -0.1) is 0 Å². The van der Waals surface area contributed by atoms with Gasteiger partial charge in [0.05, 0.1) is 23.5 Å². The van der Waals surface area contributed by atoms with E-state index in [9.17, 15) is 23.2 Å². The molecule has 4 rings (SSSR count). The molecule has 3 N–H and O–H groups in total. The molecule has 0 spiro atoms. The molecule has 0 radical (unpaired) electrons. The second-order valence-corrected chi connectivity index (χ2v) is 8.33. The highest BCUT2D eigenvalue weighted by molar-refractivity contribution is 6.06. The van der Waals surface area contributed by atoms with Crippen LogP contribution in [0.15, 0.2) is 71.9 Å². The number of halogens is 3. The number of hydrogen-bond acceptors (Lipinski definition) is 6. The highest BCUT2D eigenvalue weighted by Gasteiger charge is 2.31. The van der Waals surface area contributed by atoms with Crippen molar-refractivity contribution in [3.8, 4) is 5.75 Å². The van der Waals surface area contributed by atoms with Gasteiger partial charge in [0.1, 0.15) is 24.7 Å². The van der Waals surface area contributed by atoms with E-state index >= 15 is 0 Å². The number of hydrogen-bond donors (Lipinski definition) is 3. The Morgan fingerprint density at radius 1 is 1.08 bits per heavy atom. The summed E-state index contributed by atoms with van der Waals surface area (Å²) in [7, 11) is 0. The fourth-order valence-corrected chi connectivity index (χ4v) is 4.10. The Labute approximate surface area is 206 Å². The van der Waals surface area contributed by atoms with Gasteiger partial charge >= 0.3 is 6.18 Å². The third-order valence-electron chi connectivity index (χ3n) is 5.78. The monoisotopic (exact) mass is 498 g/mol. The molecule has 1 aromatic heterocycles. The van der Waals surface area contributed by atoms with Gasteiger partial charge in [-0.2, -0.15) is 13.2 Å². The van der Waals surface area contributed by atoms with Crippen molar-refractivity contribution in [2.24, 2.45) is 5.16 Å². The number of nitrogens with zero attached hydrogens (tertiary/aromatic N) is 2. The van der Waals surface area contributed by atoms with Gasteiger partial charge in [-0.05, 0) is 36.1 Å². The minimum atomic E-state index is -4.56. The van der Waals surface area contributed by atoms with E-state index in [2.05, 4.69) is 15.5 Å². The number of pyridine rings is 1. The maximum atomic E-state index is 12.7. The Kier molecular flexibility index (Phi) is 7.72. The van der Waals surface area contributed by atoms with E-state index in [0.717, 1.165) is 5.56 Å². The number of oxime groups is 1. The summed E-state index contributed by atoms with van der Waals surface area (Å²) in [5.41, 5.74) is 2.32. The maximum Gasteiger partial charge on any atom is 0.405 e. The van der Waals surface area contributed by atoms with Crippen LogP contribution in [0, 0.1) is 0 Å². The lowest BCUT2D eigenvalue weighted by Gasteiger charge is -2.26. The SMILES string of the molecule is O=C(NCC(F)(F)F)c1cc2c(nc1NCCOc1ccccc1)CC(c1ccccc1)C/C2=N\O. The number of carbonyl (C=O) groups is 1. The van der Waals surface area contributed by atoms with Crippen molar-refractivity contribution in [2.75, 3.05) is 25.0 Å². The molecule has 10 heteroatoms. The first-order valence-electron chi connectivity index (χ1n) is 11.4. The lowest BCUT2D eigenvalue weighted by atomic mass is 9.81. The molecule has 0 saturated heterocycles. The lowest BCUT2D eigenvalue weighted by Crippen LogP contribution is -2.35. The van der Waals surface area contributed by atoms with Crippen molar-refractivity contribution in [3.05, 3.63) is 89.1 Å². The molecule has 0 aliphatic heterocycles. The molecule has 0 fully saturated rings. The van der Waals surface area contributed by atoms with E-state index in [-0.39, 0.29) is 30.5 Å². The van der Waals surface area contributed by atoms with E-state index in [1.807, 2.05) is 53.8 Å². The number of nitrogens with one attached hydrogen (secondary N) is 2. The Bertz CT molecular complexity index is 1220. The Morgan fingerprint density at radius 3 is 2.44 bits per heavy atom. The standard InChI is InChI=1S/C26H25F3N4O3/c27-26(28,29)16-31-25(34)21-15-20-22(13-18(14-23(20)33-35)17-7-3-1-4-8-17)32-24(21)30-11-12-36-19-9-5-2-6-10-19/h1-10,15,18,35H,11-14,16H2,(H,30,32)(H,31,34)/b33-23+. The van der Waals surface area contributed by atoms with Crippen LogP contribution in [0.2, 0.25) is 0 Å². The smallest absolute Gasteiger partial charge is 0.405 e. The summed E-state index contributed by atoms with van der Waals surface area (Å²) < 4.78 is 43.8. The van der Waals surface area contributed by atoms with Crippen LogP contribution < -0.4 is 15.4 Å². The average molecular weight is 499 g/mol. The minimum Gasteiger partial charge on any atom is -0.492 e. The van der Waals surface area contributed by atoms with Crippen LogP contribution in [0.4, 0.5) is 19.0 Å². The largest absolute Gasteiger partial charge is 0.492 e. The van der Waals surface area contributed by atoms with E-state index in [1.54, 1.807) is 12.1 Å². The van der Waals surface area contributed by atoms with Gasteiger partial charge in [-0.25, -0.2) is 4.98 Å². The van der Waals surface area contributed by atoms with Crippen molar-refractivity contribution < 1.29 is 27.9 Å². The first-order chi connectivity index (χ1) is 17.3. The molecule has 0 saturated carbocycles. The first-order valence-corrected chi connectivity index (χ1v) is 11.4. The molecule has 36 heavy (non-hydrogen) atoms. The van der Waals surface area contributed by atoms with Crippen LogP contribution >= 0.6 is 0 Å². The third kappa shape index (κ3) is 6.32. The van der Waals surface area contributed by atoms with Crippen LogP contribution in [0.1, 0.15) is 39.5 Å². The Balaban J connectivity index is 1.60. The second-order valence-electron chi connectivity index (χ2n) is 8.33. The molecule has 7 nitrogen and oxygen atoms in total. The zero-order valence-electron chi connectivity index (χ0n) is 19.3. The van der Waals surface area contributed by atoms with Crippen LogP contribution in [-0.2, 0) is 6.42 Å². The maximum absolute atomic E-state index is 12.7. The van der Waals surface area contributed by atoms with E-state index in [0.29, 0.717) is 35.6 Å². The first kappa shape index (κ1) is 25.0. The molecular formula is C26H25F3N4O3. The van der Waals surface area contributed by atoms with Gasteiger partial charge in [0.2, 0.25) is 0 Å². The van der Waals surface area contributed by atoms with Crippen LogP contribution in [0.3, 0.4) is 0 Å². The molecule has 1 aliphatic carbocycles. The predicted molar refractivity (Wildman–Crippen MR) is 129 cm³/mol. The van der Waals surface area contributed by atoms with Crippen molar-refractivity contribution in [2.45, 2.75) is 24.9 Å². The van der Waals surface area contributed by atoms with Crippen molar-refractivity contribution in [3.63, 3.8) is 0 Å². The van der Waals surface area contributed by atoms with E-state index in [1.165, 1.54) is 6.07 Å². The number of anilines is 1. The van der Waals surface area contributed by atoms with Crippen LogP contribution in [0.25, 0.3) is 0 Å². The predicted octanol–water partition coefficient (Wildman–Crippen LogP) is 4.77. The van der Waals surface area contributed by atoms with Crippen molar-refractivity contribution in [1.29, 1.82) is 0 Å². The molecule has 2 aromatic carbocycles. The highest BCUT2D eigenvalue weighted by atomic mass is 19.4. The number of para-hydroxylation sites is 1. The van der Waals surface area contributed by atoms with Crippen molar-refractivity contribution >= 4 is 17.4 Å². The third-order valence-corrected chi connectivity index (χ3v) is 5.78. The number of rotatable bonds is 8. The van der Waals surface area contributed by atoms with E-state index in [4.69, 9.17) is 4.74 Å². The molecule has 1 amide bonds.